The number of nitrogens with zero attached hydrogens (tertiary/aromatic N) is 3. The van der Waals surface area contributed by atoms with Crippen LogP contribution in [0.3, 0.4) is 0 Å². The third-order valence-corrected chi connectivity index (χ3v) is 6.77. The number of amides is 3. The first-order valence-electron chi connectivity index (χ1n) is 10.6. The van der Waals surface area contributed by atoms with E-state index in [4.69, 9.17) is 4.74 Å². The Kier molecular flexibility index (Phi) is 5.92. The molecule has 2 heterocycles. The molecule has 1 spiro atoms. The van der Waals surface area contributed by atoms with Gasteiger partial charge in [0.1, 0.15) is 12.4 Å². The second-order valence-corrected chi connectivity index (χ2v) is 9.44. The van der Waals surface area contributed by atoms with Gasteiger partial charge >= 0.3 is 0 Å². The van der Waals surface area contributed by atoms with Gasteiger partial charge in [-0.2, -0.15) is 5.01 Å². The van der Waals surface area contributed by atoms with Gasteiger partial charge in [0, 0.05) is 19.4 Å². The van der Waals surface area contributed by atoms with Gasteiger partial charge in [-0.15, -0.1) is 5.10 Å². The summed E-state index contributed by atoms with van der Waals surface area (Å²) in [7, 11) is 0. The molecule has 9 heteroatoms. The smallest absolute Gasteiger partial charge is 0.270 e. The number of ether oxygens (including phenoxy) is 1. The van der Waals surface area contributed by atoms with Crippen LogP contribution in [0, 0.1) is 20.8 Å². The highest BCUT2D eigenvalue weighted by atomic mass is 32.2. The molecule has 0 aromatic heterocycles. The number of aryl methyl sites for hydroxylation is 3. The van der Waals surface area contributed by atoms with Crippen molar-refractivity contribution in [2.75, 3.05) is 18.1 Å². The van der Waals surface area contributed by atoms with Gasteiger partial charge in [-0.3, -0.25) is 14.4 Å². The van der Waals surface area contributed by atoms with Crippen LogP contribution in [0.5, 0.6) is 5.75 Å². The molecule has 4 rings (SSSR count). The Balaban J connectivity index is 1.70. The molecule has 0 fully saturated rings. The van der Waals surface area contributed by atoms with E-state index in [1.54, 1.807) is 4.90 Å². The minimum absolute atomic E-state index is 0.217. The van der Waals surface area contributed by atoms with E-state index in [1.165, 1.54) is 18.9 Å². The predicted molar refractivity (Wildman–Crippen MR) is 128 cm³/mol. The van der Waals surface area contributed by atoms with Gasteiger partial charge in [0.05, 0.1) is 12.2 Å². The third-order valence-electron chi connectivity index (χ3n) is 5.53. The molecule has 2 aromatic carbocycles. The van der Waals surface area contributed by atoms with Crippen molar-refractivity contribution in [2.45, 2.75) is 39.5 Å². The van der Waals surface area contributed by atoms with Gasteiger partial charge in [-0.25, -0.2) is 0 Å². The van der Waals surface area contributed by atoms with E-state index in [0.29, 0.717) is 12.1 Å². The second-order valence-electron chi connectivity index (χ2n) is 8.26. The third kappa shape index (κ3) is 3.97. The molecule has 2 aliphatic heterocycles. The van der Waals surface area contributed by atoms with Crippen LogP contribution in [-0.2, 0) is 19.3 Å². The average molecular weight is 467 g/mol. The largest absolute Gasteiger partial charge is 0.492 e. The fourth-order valence-electron chi connectivity index (χ4n) is 4.24. The van der Waals surface area contributed by atoms with Crippen LogP contribution >= 0.6 is 11.8 Å². The zero-order valence-electron chi connectivity index (χ0n) is 19.3. The molecule has 0 radical (unpaired) electrons. The molecule has 2 aliphatic rings. The maximum absolute atomic E-state index is 14.0. The molecular formula is C24H26N4O4S. The first kappa shape index (κ1) is 22.8. The number of carbonyl (C=O) groups excluding carboxylic acids is 3. The summed E-state index contributed by atoms with van der Waals surface area (Å²) in [4.78, 5) is 38.5. The zero-order chi connectivity index (χ0) is 23.9. The monoisotopic (exact) mass is 466 g/mol. The number of hydrazone groups is 1. The van der Waals surface area contributed by atoms with Crippen molar-refractivity contribution >= 4 is 40.3 Å². The van der Waals surface area contributed by atoms with E-state index < -0.39 is 4.87 Å². The second kappa shape index (κ2) is 8.55. The van der Waals surface area contributed by atoms with E-state index in [0.717, 1.165) is 39.9 Å². The summed E-state index contributed by atoms with van der Waals surface area (Å²) in [6.45, 7) is 9.20. The van der Waals surface area contributed by atoms with Crippen LogP contribution in [0.1, 0.15) is 36.1 Å². The molecule has 33 heavy (non-hydrogen) atoms. The van der Waals surface area contributed by atoms with Crippen molar-refractivity contribution in [1.29, 1.82) is 0 Å². The molecule has 0 bridgehead atoms. The molecule has 0 saturated heterocycles. The predicted octanol–water partition coefficient (Wildman–Crippen LogP) is 3.19. The molecule has 0 saturated carbocycles. The van der Waals surface area contributed by atoms with Gasteiger partial charge in [0.15, 0.2) is 5.17 Å². The number of benzene rings is 2. The quantitative estimate of drug-likeness (QED) is 0.747. The number of amidine groups is 1. The number of nitrogens with one attached hydrogen (secondary N) is 1. The fraction of sp³-hybridized carbons (Fsp3) is 0.333. The summed E-state index contributed by atoms with van der Waals surface area (Å²) in [6.07, 6.45) is 0. The molecule has 0 unspecified atom stereocenters. The van der Waals surface area contributed by atoms with Crippen LogP contribution in [0.4, 0.5) is 5.69 Å². The van der Waals surface area contributed by atoms with Gasteiger partial charge in [0.25, 0.3) is 5.91 Å². The maximum Gasteiger partial charge on any atom is 0.270 e. The lowest BCUT2D eigenvalue weighted by atomic mass is 10.0. The van der Waals surface area contributed by atoms with E-state index in [1.807, 2.05) is 57.2 Å². The molecule has 172 valence electrons. The van der Waals surface area contributed by atoms with Crippen molar-refractivity contribution in [3.8, 4) is 5.75 Å². The molecule has 0 aliphatic carbocycles. The lowest BCUT2D eigenvalue weighted by Crippen LogP contribution is -2.49. The summed E-state index contributed by atoms with van der Waals surface area (Å²) in [5.74, 6) is -0.280. The SMILES string of the molecule is CC(=O)NC1=NN(C(C)=O)[C@@]2(S1)C(=O)N(CCOc1ccc(C)cc1)c1c(C)cc(C)cc12. The maximum atomic E-state index is 14.0. The molecule has 3 amide bonds. The number of hydrogen-bond donors (Lipinski definition) is 1. The summed E-state index contributed by atoms with van der Waals surface area (Å²) >= 11 is 1.08. The minimum Gasteiger partial charge on any atom is -0.492 e. The van der Waals surface area contributed by atoms with E-state index in [-0.39, 0.29) is 29.5 Å². The highest BCUT2D eigenvalue weighted by Crippen LogP contribution is 2.55. The Hall–Kier alpha value is -3.33. The number of thioether (sulfide) groups is 1. The standard InChI is InChI=1S/C24H26N4O4S/c1-14-6-8-19(9-7-14)32-11-10-27-21-16(3)12-15(2)13-20(21)24(22(27)31)28(18(5)30)26-23(33-24)25-17(4)29/h6-9,12-13H,10-11H2,1-5H3,(H,25,26,29)/t24-/m0/s1. The first-order valence-corrected chi connectivity index (χ1v) is 11.4. The van der Waals surface area contributed by atoms with Crippen LogP contribution < -0.4 is 15.0 Å². The number of hydrogen-bond acceptors (Lipinski definition) is 6. The van der Waals surface area contributed by atoms with E-state index in [2.05, 4.69) is 10.4 Å². The van der Waals surface area contributed by atoms with Crippen molar-refractivity contribution in [2.24, 2.45) is 5.10 Å². The van der Waals surface area contributed by atoms with Crippen molar-refractivity contribution < 1.29 is 19.1 Å². The molecule has 1 atom stereocenters. The fourth-order valence-corrected chi connectivity index (χ4v) is 5.56. The zero-order valence-corrected chi connectivity index (χ0v) is 20.1. The van der Waals surface area contributed by atoms with Crippen molar-refractivity contribution in [1.82, 2.24) is 10.3 Å². The van der Waals surface area contributed by atoms with Crippen LogP contribution in [0.15, 0.2) is 41.5 Å². The molecule has 8 nitrogen and oxygen atoms in total. The number of fused-ring (bicyclic) bond motifs is 2. The number of rotatable bonds is 4. The Morgan fingerprint density at radius 3 is 2.42 bits per heavy atom. The summed E-state index contributed by atoms with van der Waals surface area (Å²) in [5, 5.41) is 8.32. The molecular weight excluding hydrogens is 440 g/mol. The number of anilines is 1. The highest BCUT2D eigenvalue weighted by Gasteiger charge is 2.61. The van der Waals surface area contributed by atoms with Gasteiger partial charge in [-0.1, -0.05) is 35.4 Å². The minimum atomic E-state index is -1.40. The van der Waals surface area contributed by atoms with Crippen LogP contribution in [0.25, 0.3) is 0 Å². The van der Waals surface area contributed by atoms with Crippen molar-refractivity contribution in [3.05, 3.63) is 58.7 Å². The topological polar surface area (TPSA) is 91.3 Å². The van der Waals surface area contributed by atoms with E-state index in [9.17, 15) is 14.4 Å². The summed E-state index contributed by atoms with van der Waals surface area (Å²) < 4.78 is 5.88. The van der Waals surface area contributed by atoms with Crippen molar-refractivity contribution in [3.63, 3.8) is 0 Å². The summed E-state index contributed by atoms with van der Waals surface area (Å²) in [6, 6.07) is 11.6. The lowest BCUT2D eigenvalue weighted by molar-refractivity contribution is -0.139. The highest BCUT2D eigenvalue weighted by molar-refractivity contribution is 8.15. The first-order chi connectivity index (χ1) is 15.6. The normalized spacial score (nSPS) is 19.1. The van der Waals surface area contributed by atoms with Crippen LogP contribution in [0.2, 0.25) is 0 Å². The lowest BCUT2D eigenvalue weighted by Gasteiger charge is -2.29. The Labute approximate surface area is 197 Å². The molecule has 1 N–H and O–H groups in total. The summed E-state index contributed by atoms with van der Waals surface area (Å²) in [5.41, 5.74) is 4.45. The van der Waals surface area contributed by atoms with Gasteiger partial charge < -0.3 is 15.0 Å². The Morgan fingerprint density at radius 1 is 1.09 bits per heavy atom. The van der Waals surface area contributed by atoms with E-state index >= 15 is 0 Å². The molecule has 2 aromatic rings. The average Bonchev–Trinajstić information content (AvgIpc) is 3.21. The van der Waals surface area contributed by atoms with Gasteiger partial charge in [0.2, 0.25) is 16.7 Å². The number of carbonyl (C=O) groups is 3. The Bertz CT molecular complexity index is 1180. The van der Waals surface area contributed by atoms with Gasteiger partial charge in [-0.05, 0) is 50.2 Å². The van der Waals surface area contributed by atoms with Crippen LogP contribution in [-0.4, -0.2) is 41.0 Å². The Morgan fingerprint density at radius 2 is 1.79 bits per heavy atom.